The van der Waals surface area contributed by atoms with Crippen molar-refractivity contribution in [2.24, 2.45) is 11.8 Å². The molecule has 0 heterocycles. The van der Waals surface area contributed by atoms with Crippen molar-refractivity contribution in [1.82, 2.24) is 0 Å². The number of carbonyl (C=O) groups is 1. The predicted octanol–water partition coefficient (Wildman–Crippen LogP) is 0.933. The topological polar surface area (TPSA) is 17.1 Å². The molecule has 0 aromatic carbocycles. The van der Waals surface area contributed by atoms with Crippen LogP contribution in [0.4, 0.5) is 4.39 Å². The maximum Gasteiger partial charge on any atom is 0.170 e. The quantitative estimate of drug-likeness (QED) is 0.458. The first-order valence-electron chi connectivity index (χ1n) is 2.97. The van der Waals surface area contributed by atoms with Gasteiger partial charge in [0.1, 0.15) is 0 Å². The number of rotatable bonds is 0. The summed E-state index contributed by atoms with van der Waals surface area (Å²) < 4.78 is 12.2. The van der Waals surface area contributed by atoms with Crippen molar-refractivity contribution >= 4 is 5.78 Å². The fourth-order valence-electron chi connectivity index (χ4n) is 1.47. The van der Waals surface area contributed by atoms with Crippen LogP contribution in [0.3, 0.4) is 0 Å². The van der Waals surface area contributed by atoms with Crippen LogP contribution in [0, 0.1) is 11.8 Å². The summed E-state index contributed by atoms with van der Waals surface area (Å²) in [6.45, 7) is 0. The lowest BCUT2D eigenvalue weighted by molar-refractivity contribution is -0.123. The van der Waals surface area contributed by atoms with Gasteiger partial charge in [0.05, 0.1) is 0 Å². The molecule has 0 bridgehead atoms. The van der Waals surface area contributed by atoms with Gasteiger partial charge >= 0.3 is 0 Å². The summed E-state index contributed by atoms with van der Waals surface area (Å²) in [5.74, 6) is 0.456. The van der Waals surface area contributed by atoms with Crippen molar-refractivity contribution in [3.63, 3.8) is 0 Å². The Kier molecular flexibility index (Phi) is 0.626. The van der Waals surface area contributed by atoms with E-state index in [0.717, 1.165) is 6.42 Å². The molecule has 3 atom stereocenters. The van der Waals surface area contributed by atoms with Crippen LogP contribution in [0.15, 0.2) is 0 Å². The van der Waals surface area contributed by atoms with Crippen LogP contribution in [0.2, 0.25) is 0 Å². The Bertz CT molecular complexity index is 139. The van der Waals surface area contributed by atoms with Gasteiger partial charge in [-0.2, -0.15) is 0 Å². The maximum atomic E-state index is 12.2. The van der Waals surface area contributed by atoms with E-state index in [-0.39, 0.29) is 11.7 Å². The molecule has 0 aromatic rings. The van der Waals surface area contributed by atoms with Crippen molar-refractivity contribution in [3.8, 4) is 0 Å². The lowest BCUT2D eigenvalue weighted by Gasteiger charge is -1.94. The molecule has 2 rings (SSSR count). The Hall–Kier alpha value is -0.400. The SMILES string of the molecule is O=C1[C@H](F)C[C@H]2C[C@@H]12. The second kappa shape index (κ2) is 1.12. The third-order valence-electron chi connectivity index (χ3n) is 2.11. The van der Waals surface area contributed by atoms with Crippen molar-refractivity contribution in [2.75, 3.05) is 0 Å². The van der Waals surface area contributed by atoms with Gasteiger partial charge in [0.25, 0.3) is 0 Å². The van der Waals surface area contributed by atoms with Crippen LogP contribution in [-0.4, -0.2) is 12.0 Å². The van der Waals surface area contributed by atoms with Crippen LogP contribution in [0.1, 0.15) is 12.8 Å². The first kappa shape index (κ1) is 4.48. The van der Waals surface area contributed by atoms with E-state index in [1.54, 1.807) is 0 Å². The van der Waals surface area contributed by atoms with Gasteiger partial charge in [0, 0.05) is 5.92 Å². The minimum absolute atomic E-state index is 0.130. The summed E-state index contributed by atoms with van der Waals surface area (Å²) in [6.07, 6.45) is 0.390. The standard InChI is InChI=1S/C6H7FO/c7-5-2-3-1-4(3)6(5)8/h3-5H,1-2H2/t3-,4-,5-/m1/s1. The minimum atomic E-state index is -1.10. The number of hydrogen-bond acceptors (Lipinski definition) is 1. The number of Topliss-reactive ketones (excluding diaryl/α,β-unsaturated/α-hetero) is 1. The monoisotopic (exact) mass is 114 g/mol. The molecule has 0 aromatic heterocycles. The second-order valence-electron chi connectivity index (χ2n) is 2.71. The summed E-state index contributed by atoms with van der Waals surface area (Å²) in [5.41, 5.74) is 0. The Labute approximate surface area is 46.9 Å². The molecule has 2 fully saturated rings. The van der Waals surface area contributed by atoms with E-state index in [1.165, 1.54) is 0 Å². The molecule has 0 N–H and O–H groups in total. The number of hydrogen-bond donors (Lipinski definition) is 0. The molecule has 0 amide bonds. The molecule has 0 unspecified atom stereocenters. The molecule has 0 aliphatic heterocycles. The predicted molar refractivity (Wildman–Crippen MR) is 26.1 cm³/mol. The summed E-state index contributed by atoms with van der Waals surface area (Å²) in [6, 6.07) is 0. The number of fused-ring (bicyclic) bond motifs is 1. The van der Waals surface area contributed by atoms with Gasteiger partial charge in [-0.15, -0.1) is 0 Å². The normalized spacial score (nSPS) is 51.6. The molecule has 2 aliphatic rings. The van der Waals surface area contributed by atoms with Crippen LogP contribution < -0.4 is 0 Å². The summed E-state index contributed by atoms with van der Waals surface area (Å²) in [5, 5.41) is 0. The minimum Gasteiger partial charge on any atom is -0.296 e. The van der Waals surface area contributed by atoms with Crippen LogP contribution in [0.25, 0.3) is 0 Å². The lowest BCUT2D eigenvalue weighted by Crippen LogP contribution is -2.10. The number of alkyl halides is 1. The fraction of sp³-hybridized carbons (Fsp3) is 0.833. The first-order valence-corrected chi connectivity index (χ1v) is 2.97. The maximum absolute atomic E-state index is 12.2. The van der Waals surface area contributed by atoms with Gasteiger partial charge in [-0.05, 0) is 18.8 Å². The molecular formula is C6H7FO. The Morgan fingerprint density at radius 1 is 1.50 bits per heavy atom. The Morgan fingerprint density at radius 3 is 2.50 bits per heavy atom. The fourth-order valence-corrected chi connectivity index (χ4v) is 1.47. The molecule has 2 aliphatic carbocycles. The van der Waals surface area contributed by atoms with Crippen molar-refractivity contribution in [1.29, 1.82) is 0 Å². The molecule has 0 saturated heterocycles. The smallest absolute Gasteiger partial charge is 0.170 e. The molecule has 2 saturated carbocycles. The number of ketones is 1. The van der Waals surface area contributed by atoms with Gasteiger partial charge in [0.15, 0.2) is 12.0 Å². The van der Waals surface area contributed by atoms with E-state index in [2.05, 4.69) is 0 Å². The third kappa shape index (κ3) is 0.383. The van der Waals surface area contributed by atoms with E-state index in [0.29, 0.717) is 12.3 Å². The average Bonchev–Trinajstić information content (AvgIpc) is 2.39. The van der Waals surface area contributed by atoms with E-state index in [1.807, 2.05) is 0 Å². The van der Waals surface area contributed by atoms with E-state index < -0.39 is 6.17 Å². The van der Waals surface area contributed by atoms with Gasteiger partial charge in [-0.3, -0.25) is 4.79 Å². The van der Waals surface area contributed by atoms with Crippen molar-refractivity contribution in [3.05, 3.63) is 0 Å². The summed E-state index contributed by atoms with van der Waals surface area (Å²) >= 11 is 0. The van der Waals surface area contributed by atoms with E-state index in [4.69, 9.17) is 0 Å². The zero-order valence-electron chi connectivity index (χ0n) is 4.43. The zero-order valence-corrected chi connectivity index (χ0v) is 4.43. The third-order valence-corrected chi connectivity index (χ3v) is 2.11. The molecule has 1 nitrogen and oxygen atoms in total. The number of carbonyl (C=O) groups excluding carboxylic acids is 1. The highest BCUT2D eigenvalue weighted by Crippen LogP contribution is 2.50. The van der Waals surface area contributed by atoms with Crippen LogP contribution >= 0.6 is 0 Å². The zero-order chi connectivity index (χ0) is 5.72. The summed E-state index contributed by atoms with van der Waals surface area (Å²) in [4.78, 5) is 10.6. The largest absolute Gasteiger partial charge is 0.296 e. The molecule has 2 heteroatoms. The Balaban J connectivity index is 2.19. The molecule has 0 radical (unpaired) electrons. The molecule has 44 valence electrons. The van der Waals surface area contributed by atoms with Gasteiger partial charge in [0.2, 0.25) is 0 Å². The van der Waals surface area contributed by atoms with Crippen LogP contribution in [0.5, 0.6) is 0 Å². The first-order chi connectivity index (χ1) is 3.79. The molecule has 0 spiro atoms. The molecule has 8 heavy (non-hydrogen) atoms. The second-order valence-corrected chi connectivity index (χ2v) is 2.71. The van der Waals surface area contributed by atoms with Crippen molar-refractivity contribution < 1.29 is 9.18 Å². The van der Waals surface area contributed by atoms with E-state index >= 15 is 0 Å². The Morgan fingerprint density at radius 2 is 2.25 bits per heavy atom. The van der Waals surface area contributed by atoms with Crippen molar-refractivity contribution in [2.45, 2.75) is 19.0 Å². The van der Waals surface area contributed by atoms with Crippen LogP contribution in [-0.2, 0) is 4.79 Å². The number of halogens is 1. The van der Waals surface area contributed by atoms with Gasteiger partial charge in [-0.25, -0.2) is 4.39 Å². The highest BCUT2D eigenvalue weighted by atomic mass is 19.1. The molecular weight excluding hydrogens is 107 g/mol. The average molecular weight is 114 g/mol. The highest BCUT2D eigenvalue weighted by Gasteiger charge is 2.53. The summed E-state index contributed by atoms with van der Waals surface area (Å²) in [7, 11) is 0. The van der Waals surface area contributed by atoms with Gasteiger partial charge in [-0.1, -0.05) is 0 Å². The van der Waals surface area contributed by atoms with E-state index in [9.17, 15) is 9.18 Å². The highest BCUT2D eigenvalue weighted by molar-refractivity contribution is 5.90. The van der Waals surface area contributed by atoms with Gasteiger partial charge < -0.3 is 0 Å². The lowest BCUT2D eigenvalue weighted by atomic mass is 10.2.